The van der Waals surface area contributed by atoms with Gasteiger partial charge in [0.15, 0.2) is 0 Å². The Bertz CT molecular complexity index is 568. The molecule has 2 unspecified atom stereocenters. The molecule has 0 aliphatic rings. The van der Waals surface area contributed by atoms with E-state index in [1.807, 2.05) is 37.3 Å². The smallest absolute Gasteiger partial charge is 0.254 e. The fourth-order valence-electron chi connectivity index (χ4n) is 1.73. The van der Waals surface area contributed by atoms with Crippen molar-refractivity contribution in [2.75, 3.05) is 5.33 Å². The summed E-state index contributed by atoms with van der Waals surface area (Å²) >= 11 is 3.43. The second kappa shape index (κ2) is 6.70. The summed E-state index contributed by atoms with van der Waals surface area (Å²) < 4.78 is 1.70. The van der Waals surface area contributed by atoms with Crippen LogP contribution in [0, 0.1) is 5.92 Å². The maximum absolute atomic E-state index is 12.1. The normalized spacial score (nSPS) is 13.8. The molecule has 2 aromatic rings. The molecular formula is C15H18BrN3O. The number of nitrogens with zero attached hydrogens (tertiary/aromatic N) is 2. The highest BCUT2D eigenvalue weighted by atomic mass is 79.9. The lowest BCUT2D eigenvalue weighted by Gasteiger charge is -2.18. The molecule has 0 radical (unpaired) electrons. The van der Waals surface area contributed by atoms with E-state index in [9.17, 15) is 4.79 Å². The lowest BCUT2D eigenvalue weighted by atomic mass is 10.1. The zero-order valence-corrected chi connectivity index (χ0v) is 13.2. The summed E-state index contributed by atoms with van der Waals surface area (Å²) in [7, 11) is 0. The number of rotatable bonds is 5. The minimum Gasteiger partial charge on any atom is -0.349 e. The first-order chi connectivity index (χ1) is 9.61. The Morgan fingerprint density at radius 3 is 2.70 bits per heavy atom. The summed E-state index contributed by atoms with van der Waals surface area (Å²) in [6.45, 7) is 4.10. The van der Waals surface area contributed by atoms with E-state index in [4.69, 9.17) is 0 Å². The van der Waals surface area contributed by atoms with Crippen LogP contribution in [0.25, 0.3) is 5.69 Å². The number of amides is 1. The largest absolute Gasteiger partial charge is 0.349 e. The lowest BCUT2D eigenvalue weighted by Crippen LogP contribution is -2.37. The van der Waals surface area contributed by atoms with Crippen molar-refractivity contribution in [1.82, 2.24) is 15.1 Å². The molecule has 1 N–H and O–H groups in total. The van der Waals surface area contributed by atoms with Gasteiger partial charge in [0.05, 0.1) is 17.4 Å². The zero-order valence-electron chi connectivity index (χ0n) is 11.6. The number of carbonyl (C=O) groups excluding carboxylic acids is 1. The van der Waals surface area contributed by atoms with E-state index in [1.165, 1.54) is 0 Å². The number of alkyl halides is 1. The minimum absolute atomic E-state index is 0.0903. The fraction of sp³-hybridized carbons (Fsp3) is 0.333. The third-order valence-electron chi connectivity index (χ3n) is 3.32. The van der Waals surface area contributed by atoms with Crippen molar-refractivity contribution >= 4 is 21.8 Å². The fourth-order valence-corrected chi connectivity index (χ4v) is 2.29. The van der Waals surface area contributed by atoms with Crippen LogP contribution in [0.15, 0.2) is 42.7 Å². The summed E-state index contributed by atoms with van der Waals surface area (Å²) in [6, 6.07) is 9.84. The Hall–Kier alpha value is -1.62. The molecule has 0 aliphatic heterocycles. The van der Waals surface area contributed by atoms with E-state index in [2.05, 4.69) is 33.3 Å². The van der Waals surface area contributed by atoms with Crippen LogP contribution < -0.4 is 5.32 Å². The van der Waals surface area contributed by atoms with Crippen LogP contribution in [-0.2, 0) is 0 Å². The molecule has 1 aromatic carbocycles. The first kappa shape index (κ1) is 14.8. The Kier molecular flexibility index (Phi) is 4.95. The van der Waals surface area contributed by atoms with E-state index in [-0.39, 0.29) is 11.9 Å². The molecule has 20 heavy (non-hydrogen) atoms. The predicted octanol–water partition coefficient (Wildman–Crippen LogP) is 3.02. The molecular weight excluding hydrogens is 318 g/mol. The summed E-state index contributed by atoms with van der Waals surface area (Å²) in [6.07, 6.45) is 3.34. The number of para-hydroxylation sites is 1. The van der Waals surface area contributed by atoms with Crippen molar-refractivity contribution in [2.45, 2.75) is 19.9 Å². The number of carbonyl (C=O) groups is 1. The number of hydrogen-bond donors (Lipinski definition) is 1. The molecule has 0 aliphatic carbocycles. The van der Waals surface area contributed by atoms with Crippen molar-refractivity contribution < 1.29 is 4.79 Å². The van der Waals surface area contributed by atoms with Crippen LogP contribution in [0.4, 0.5) is 0 Å². The summed E-state index contributed by atoms with van der Waals surface area (Å²) in [5.74, 6) is 0.288. The van der Waals surface area contributed by atoms with Crippen LogP contribution in [0.5, 0.6) is 0 Å². The number of benzene rings is 1. The zero-order chi connectivity index (χ0) is 14.5. The van der Waals surface area contributed by atoms with Gasteiger partial charge in [0.2, 0.25) is 0 Å². The lowest BCUT2D eigenvalue weighted by molar-refractivity contribution is 0.0931. The Morgan fingerprint density at radius 1 is 1.35 bits per heavy atom. The van der Waals surface area contributed by atoms with Gasteiger partial charge in [0.1, 0.15) is 0 Å². The maximum Gasteiger partial charge on any atom is 0.254 e. The standard InChI is InChI=1S/C15H18BrN3O/c1-11(8-16)12(2)18-15(20)13-9-17-19(10-13)14-6-4-3-5-7-14/h3-7,9-12H,8H2,1-2H3,(H,18,20). The molecule has 2 rings (SSSR count). The van der Waals surface area contributed by atoms with Gasteiger partial charge in [0, 0.05) is 17.6 Å². The average Bonchev–Trinajstić information content (AvgIpc) is 2.97. The Labute approximate surface area is 127 Å². The topological polar surface area (TPSA) is 46.9 Å². The highest BCUT2D eigenvalue weighted by Crippen LogP contribution is 2.10. The van der Waals surface area contributed by atoms with Crippen molar-refractivity contribution in [3.05, 3.63) is 48.3 Å². The van der Waals surface area contributed by atoms with Gasteiger partial charge in [-0.25, -0.2) is 4.68 Å². The average molecular weight is 336 g/mol. The Morgan fingerprint density at radius 2 is 2.05 bits per heavy atom. The molecule has 0 fully saturated rings. The molecule has 1 amide bonds. The first-order valence-corrected chi connectivity index (χ1v) is 7.71. The van der Waals surface area contributed by atoms with E-state index in [0.717, 1.165) is 11.0 Å². The van der Waals surface area contributed by atoms with Gasteiger partial charge >= 0.3 is 0 Å². The van der Waals surface area contributed by atoms with Gasteiger partial charge in [-0.2, -0.15) is 5.10 Å². The highest BCUT2D eigenvalue weighted by Gasteiger charge is 2.16. The molecule has 106 valence electrons. The van der Waals surface area contributed by atoms with Gasteiger partial charge in [0.25, 0.3) is 5.91 Å². The molecule has 0 spiro atoms. The van der Waals surface area contributed by atoms with E-state index >= 15 is 0 Å². The van der Waals surface area contributed by atoms with Gasteiger partial charge in [-0.05, 0) is 25.0 Å². The van der Waals surface area contributed by atoms with Crippen LogP contribution in [0.1, 0.15) is 24.2 Å². The number of nitrogens with one attached hydrogen (secondary N) is 1. The van der Waals surface area contributed by atoms with Gasteiger partial charge in [-0.3, -0.25) is 4.79 Å². The maximum atomic E-state index is 12.1. The van der Waals surface area contributed by atoms with Gasteiger partial charge in [-0.1, -0.05) is 41.1 Å². The molecule has 1 aromatic heterocycles. The molecule has 5 heteroatoms. The highest BCUT2D eigenvalue weighted by molar-refractivity contribution is 9.09. The number of hydrogen-bond acceptors (Lipinski definition) is 2. The first-order valence-electron chi connectivity index (χ1n) is 6.58. The second-order valence-corrected chi connectivity index (χ2v) is 5.55. The molecule has 4 nitrogen and oxygen atoms in total. The number of aromatic nitrogens is 2. The van der Waals surface area contributed by atoms with Crippen LogP contribution >= 0.6 is 15.9 Å². The third kappa shape index (κ3) is 3.48. The molecule has 0 saturated heterocycles. The third-order valence-corrected chi connectivity index (χ3v) is 4.34. The van der Waals surface area contributed by atoms with Crippen molar-refractivity contribution in [3.63, 3.8) is 0 Å². The predicted molar refractivity (Wildman–Crippen MR) is 83.5 cm³/mol. The van der Waals surface area contributed by atoms with Crippen LogP contribution in [0.2, 0.25) is 0 Å². The summed E-state index contributed by atoms with van der Waals surface area (Å²) in [4.78, 5) is 12.1. The van der Waals surface area contributed by atoms with E-state index in [0.29, 0.717) is 11.5 Å². The van der Waals surface area contributed by atoms with E-state index in [1.54, 1.807) is 17.1 Å². The molecule has 0 saturated carbocycles. The Balaban J connectivity index is 2.07. The van der Waals surface area contributed by atoms with Crippen molar-refractivity contribution in [3.8, 4) is 5.69 Å². The molecule has 0 bridgehead atoms. The van der Waals surface area contributed by atoms with Crippen LogP contribution in [0.3, 0.4) is 0 Å². The molecule has 1 heterocycles. The second-order valence-electron chi connectivity index (χ2n) is 4.90. The number of halogens is 1. The summed E-state index contributed by atoms with van der Waals surface area (Å²) in [5.41, 5.74) is 1.51. The quantitative estimate of drug-likeness (QED) is 0.853. The van der Waals surface area contributed by atoms with Crippen molar-refractivity contribution in [2.24, 2.45) is 5.92 Å². The monoisotopic (exact) mass is 335 g/mol. The molecule has 2 atom stereocenters. The summed E-state index contributed by atoms with van der Waals surface area (Å²) in [5, 5.41) is 8.07. The van der Waals surface area contributed by atoms with Gasteiger partial charge in [-0.15, -0.1) is 0 Å². The van der Waals surface area contributed by atoms with E-state index < -0.39 is 0 Å². The minimum atomic E-state index is -0.0903. The SMILES string of the molecule is CC(CBr)C(C)NC(=O)c1cnn(-c2ccccc2)c1. The van der Waals surface area contributed by atoms with Gasteiger partial charge < -0.3 is 5.32 Å². The van der Waals surface area contributed by atoms with Crippen LogP contribution in [-0.4, -0.2) is 27.1 Å². The van der Waals surface area contributed by atoms with Crippen molar-refractivity contribution in [1.29, 1.82) is 0 Å².